The molecule has 0 bridgehead atoms. The smallest absolute Gasteiger partial charge is 0.182 e. The summed E-state index contributed by atoms with van der Waals surface area (Å²) in [6.07, 6.45) is 6.36. The van der Waals surface area contributed by atoms with E-state index in [2.05, 4.69) is 20.3 Å². The Morgan fingerprint density at radius 2 is 2.05 bits per heavy atom. The molecule has 20 heavy (non-hydrogen) atoms. The molecule has 0 aliphatic rings. The van der Waals surface area contributed by atoms with Crippen LogP contribution in [0.1, 0.15) is 11.4 Å². The molecule has 0 unspecified atom stereocenters. The number of hydrogen-bond donors (Lipinski definition) is 1. The second-order valence-corrected chi connectivity index (χ2v) is 4.42. The van der Waals surface area contributed by atoms with E-state index in [0.29, 0.717) is 11.6 Å². The van der Waals surface area contributed by atoms with Crippen LogP contribution >= 0.6 is 0 Å². The largest absolute Gasteiger partial charge is 0.359 e. The maximum absolute atomic E-state index is 8.65. The van der Waals surface area contributed by atoms with Gasteiger partial charge in [-0.2, -0.15) is 5.26 Å². The Balaban J connectivity index is 2.05. The molecule has 2 aromatic rings. The number of anilines is 2. The van der Waals surface area contributed by atoms with Crippen molar-refractivity contribution in [2.75, 3.05) is 23.8 Å². The average Bonchev–Trinajstić information content (AvgIpc) is 2.45. The minimum atomic E-state index is 0.519. The summed E-state index contributed by atoms with van der Waals surface area (Å²) in [5, 5.41) is 11.2. The van der Waals surface area contributed by atoms with Gasteiger partial charge in [0.1, 0.15) is 17.5 Å². The predicted molar refractivity (Wildman–Crippen MR) is 77.2 cm³/mol. The van der Waals surface area contributed by atoms with Crippen LogP contribution in [-0.4, -0.2) is 28.5 Å². The lowest BCUT2D eigenvalue weighted by atomic mass is 10.2. The van der Waals surface area contributed by atoms with Gasteiger partial charge < -0.3 is 4.90 Å². The molecule has 6 heteroatoms. The van der Waals surface area contributed by atoms with Crippen LogP contribution in [0, 0.1) is 18.4 Å². The molecular formula is C14H16N6. The highest BCUT2D eigenvalue weighted by Gasteiger charge is 2.06. The first-order valence-corrected chi connectivity index (χ1v) is 6.30. The van der Waals surface area contributed by atoms with Gasteiger partial charge in [-0.1, -0.05) is 0 Å². The fraction of sp³-hybridized carbons (Fsp3) is 0.286. The van der Waals surface area contributed by atoms with Crippen molar-refractivity contribution in [1.82, 2.24) is 15.0 Å². The van der Waals surface area contributed by atoms with Crippen molar-refractivity contribution in [1.29, 1.82) is 5.26 Å². The number of pyridine rings is 1. The van der Waals surface area contributed by atoms with Crippen LogP contribution in [0.2, 0.25) is 0 Å². The molecular weight excluding hydrogens is 252 g/mol. The van der Waals surface area contributed by atoms with Gasteiger partial charge in [-0.15, -0.1) is 0 Å². The Hall–Kier alpha value is -2.68. The summed E-state index contributed by atoms with van der Waals surface area (Å²) < 4.78 is 0. The van der Waals surface area contributed by atoms with Gasteiger partial charge in [0.05, 0.1) is 0 Å². The van der Waals surface area contributed by atoms with E-state index in [1.807, 2.05) is 37.2 Å². The molecule has 102 valence electrons. The summed E-state index contributed by atoms with van der Waals surface area (Å²) in [4.78, 5) is 14.6. The number of nitrogens with zero attached hydrogens (tertiary/aromatic N) is 5. The summed E-state index contributed by atoms with van der Waals surface area (Å²) in [6.45, 7) is 2.63. The highest BCUT2D eigenvalue weighted by molar-refractivity contribution is 5.50. The molecule has 1 N–H and O–H groups in total. The molecule has 6 nitrogen and oxygen atoms in total. The van der Waals surface area contributed by atoms with E-state index in [9.17, 15) is 0 Å². The van der Waals surface area contributed by atoms with Gasteiger partial charge in [-0.05, 0) is 31.0 Å². The fourth-order valence-corrected chi connectivity index (χ4v) is 1.83. The molecule has 0 amide bonds. The average molecular weight is 268 g/mol. The van der Waals surface area contributed by atoms with E-state index in [1.54, 1.807) is 18.5 Å². The highest BCUT2D eigenvalue weighted by Crippen LogP contribution is 2.14. The molecule has 0 atom stereocenters. The normalized spacial score (nSPS) is 9.85. The number of nitrogens with one attached hydrogen (secondary N) is 1. The first kappa shape index (κ1) is 13.7. The summed E-state index contributed by atoms with van der Waals surface area (Å²) in [5.74, 6) is 1.95. The molecule has 2 heterocycles. The number of rotatable bonds is 5. The Labute approximate surface area is 118 Å². The fourth-order valence-electron chi connectivity index (χ4n) is 1.83. The van der Waals surface area contributed by atoms with E-state index >= 15 is 0 Å². The number of nitriles is 1. The van der Waals surface area contributed by atoms with E-state index in [-0.39, 0.29) is 0 Å². The van der Waals surface area contributed by atoms with Crippen LogP contribution in [0.15, 0.2) is 30.6 Å². The van der Waals surface area contributed by atoms with Gasteiger partial charge >= 0.3 is 0 Å². The maximum Gasteiger partial charge on any atom is 0.182 e. The van der Waals surface area contributed by atoms with Crippen LogP contribution < -0.4 is 10.2 Å². The van der Waals surface area contributed by atoms with Gasteiger partial charge in [0.2, 0.25) is 0 Å². The number of aromatic nitrogens is 3. The van der Waals surface area contributed by atoms with Gasteiger partial charge in [0.15, 0.2) is 6.19 Å². The second-order valence-electron chi connectivity index (χ2n) is 4.42. The Bertz CT molecular complexity index is 605. The topological polar surface area (TPSA) is 77.7 Å². The van der Waals surface area contributed by atoms with E-state index in [0.717, 1.165) is 18.8 Å². The Kier molecular flexibility index (Phi) is 4.45. The Morgan fingerprint density at radius 1 is 1.30 bits per heavy atom. The molecule has 0 aromatic carbocycles. The zero-order valence-corrected chi connectivity index (χ0v) is 11.5. The van der Waals surface area contributed by atoms with Gasteiger partial charge in [-0.3, -0.25) is 10.3 Å². The SMILES string of the molecule is Cc1nc(NC#N)cc(N(C)CCc2ccncc2)n1. The number of likely N-dealkylation sites (N-methyl/N-ethyl adjacent to an activating group) is 1. The molecule has 0 saturated heterocycles. The molecule has 0 saturated carbocycles. The lowest BCUT2D eigenvalue weighted by Crippen LogP contribution is -2.22. The predicted octanol–water partition coefficient (Wildman–Crippen LogP) is 1.75. The number of aryl methyl sites for hydroxylation is 1. The van der Waals surface area contributed by atoms with E-state index in [4.69, 9.17) is 5.26 Å². The summed E-state index contributed by atoms with van der Waals surface area (Å²) in [5.41, 5.74) is 1.23. The summed E-state index contributed by atoms with van der Waals surface area (Å²) in [6, 6.07) is 5.77. The minimum absolute atomic E-state index is 0.519. The van der Waals surface area contributed by atoms with Crippen molar-refractivity contribution in [3.63, 3.8) is 0 Å². The van der Waals surface area contributed by atoms with Crippen LogP contribution in [0.5, 0.6) is 0 Å². The molecule has 2 aromatic heterocycles. The van der Waals surface area contributed by atoms with Crippen LogP contribution in [0.25, 0.3) is 0 Å². The third kappa shape index (κ3) is 3.65. The standard InChI is InChI=1S/C14H16N6/c1-11-18-13(17-10-15)9-14(19-11)20(2)8-5-12-3-6-16-7-4-12/h3-4,6-7,9H,5,8H2,1-2H3,(H,17,18,19). The van der Waals surface area contributed by atoms with Crippen molar-refractivity contribution in [3.8, 4) is 6.19 Å². The molecule has 0 radical (unpaired) electrons. The monoisotopic (exact) mass is 268 g/mol. The first-order valence-electron chi connectivity index (χ1n) is 6.30. The number of hydrogen-bond acceptors (Lipinski definition) is 6. The summed E-state index contributed by atoms with van der Waals surface area (Å²) >= 11 is 0. The van der Waals surface area contributed by atoms with Crippen molar-refractivity contribution < 1.29 is 0 Å². The lowest BCUT2D eigenvalue weighted by Gasteiger charge is -2.18. The molecule has 0 aliphatic heterocycles. The zero-order chi connectivity index (χ0) is 14.4. The van der Waals surface area contributed by atoms with Gasteiger partial charge in [0.25, 0.3) is 0 Å². The minimum Gasteiger partial charge on any atom is -0.359 e. The maximum atomic E-state index is 8.65. The van der Waals surface area contributed by atoms with Crippen molar-refractivity contribution in [2.24, 2.45) is 0 Å². The zero-order valence-electron chi connectivity index (χ0n) is 11.5. The van der Waals surface area contributed by atoms with Crippen LogP contribution in [-0.2, 0) is 6.42 Å². The quantitative estimate of drug-likeness (QED) is 0.657. The van der Waals surface area contributed by atoms with Gasteiger partial charge in [0, 0.05) is 32.1 Å². The van der Waals surface area contributed by atoms with Crippen LogP contribution in [0.3, 0.4) is 0 Å². The highest BCUT2D eigenvalue weighted by atomic mass is 15.2. The third-order valence-corrected chi connectivity index (χ3v) is 2.88. The van der Waals surface area contributed by atoms with E-state index < -0.39 is 0 Å². The first-order chi connectivity index (χ1) is 9.69. The van der Waals surface area contributed by atoms with Crippen molar-refractivity contribution in [2.45, 2.75) is 13.3 Å². The van der Waals surface area contributed by atoms with Crippen molar-refractivity contribution >= 4 is 11.6 Å². The Morgan fingerprint density at radius 3 is 2.75 bits per heavy atom. The molecule has 2 rings (SSSR count). The third-order valence-electron chi connectivity index (χ3n) is 2.88. The van der Waals surface area contributed by atoms with Gasteiger partial charge in [-0.25, -0.2) is 9.97 Å². The van der Waals surface area contributed by atoms with Crippen LogP contribution in [0.4, 0.5) is 11.6 Å². The lowest BCUT2D eigenvalue weighted by molar-refractivity contribution is 0.848. The second kappa shape index (κ2) is 6.48. The molecule has 0 spiro atoms. The van der Waals surface area contributed by atoms with Crippen molar-refractivity contribution in [3.05, 3.63) is 42.0 Å². The van der Waals surface area contributed by atoms with E-state index in [1.165, 1.54) is 5.56 Å². The summed E-state index contributed by atoms with van der Waals surface area (Å²) in [7, 11) is 1.97. The molecule has 0 aliphatic carbocycles. The molecule has 0 fully saturated rings.